The monoisotopic (exact) mass is 204 g/mol. The molecule has 74 valence electrons. The molecule has 1 saturated heterocycles. The number of halogens is 1. The first-order valence-corrected chi connectivity index (χ1v) is 4.82. The molecule has 1 N–H and O–H groups in total. The van der Waals surface area contributed by atoms with Gasteiger partial charge in [0.2, 0.25) is 0 Å². The third kappa shape index (κ3) is 4.49. The zero-order valence-corrected chi connectivity index (χ0v) is 8.09. The molecule has 0 aliphatic carbocycles. The quantitative estimate of drug-likeness (QED) is 0.545. The topological polar surface area (TPSA) is 38.7 Å². The van der Waals surface area contributed by atoms with E-state index in [1.807, 2.05) is 0 Å². The van der Waals surface area contributed by atoms with E-state index < -0.39 is 6.10 Å². The van der Waals surface area contributed by atoms with Gasteiger partial charge in [-0.1, -0.05) is 11.8 Å². The Hall–Kier alpha value is -0.270. The van der Waals surface area contributed by atoms with Crippen LogP contribution in [-0.2, 0) is 9.47 Å². The Morgan fingerprint density at radius 3 is 2.77 bits per heavy atom. The van der Waals surface area contributed by atoms with Crippen LogP contribution in [0.5, 0.6) is 0 Å². The highest BCUT2D eigenvalue weighted by Gasteiger charge is 2.16. The number of alkyl halides is 1. The summed E-state index contributed by atoms with van der Waals surface area (Å²) in [5, 5.41) is 9.30. The van der Waals surface area contributed by atoms with Crippen molar-refractivity contribution in [1.82, 2.24) is 0 Å². The Balaban J connectivity index is 2.10. The summed E-state index contributed by atoms with van der Waals surface area (Å²) in [5.41, 5.74) is 0. The molecule has 0 saturated carbocycles. The van der Waals surface area contributed by atoms with Crippen LogP contribution in [0.15, 0.2) is 0 Å². The van der Waals surface area contributed by atoms with E-state index in [4.69, 9.17) is 21.1 Å². The predicted octanol–water partition coefficient (Wildman–Crippen LogP) is 0.743. The SMILES string of the molecule is OC(C#CCCl)CCC1OCCO1. The fourth-order valence-electron chi connectivity index (χ4n) is 1.10. The fraction of sp³-hybridized carbons (Fsp3) is 0.778. The molecule has 1 atom stereocenters. The molecular formula is C9H13ClO3. The van der Waals surface area contributed by atoms with E-state index >= 15 is 0 Å². The van der Waals surface area contributed by atoms with E-state index in [0.717, 1.165) is 0 Å². The summed E-state index contributed by atoms with van der Waals surface area (Å²) in [4.78, 5) is 0. The van der Waals surface area contributed by atoms with Crippen LogP contribution < -0.4 is 0 Å². The highest BCUT2D eigenvalue weighted by Crippen LogP contribution is 2.11. The van der Waals surface area contributed by atoms with Gasteiger partial charge in [-0.05, 0) is 6.42 Å². The fourth-order valence-corrected chi connectivity index (χ4v) is 1.17. The molecule has 1 aliphatic heterocycles. The lowest BCUT2D eigenvalue weighted by atomic mass is 10.2. The maximum atomic E-state index is 9.30. The van der Waals surface area contributed by atoms with Crippen LogP contribution in [0.3, 0.4) is 0 Å². The second kappa shape index (κ2) is 6.22. The summed E-state index contributed by atoms with van der Waals surface area (Å²) < 4.78 is 10.4. The van der Waals surface area contributed by atoms with Gasteiger partial charge in [-0.15, -0.1) is 11.6 Å². The summed E-state index contributed by atoms with van der Waals surface area (Å²) >= 11 is 5.34. The molecule has 1 fully saturated rings. The van der Waals surface area contributed by atoms with Crippen molar-refractivity contribution in [2.75, 3.05) is 19.1 Å². The van der Waals surface area contributed by atoms with Crippen molar-refractivity contribution in [3.8, 4) is 11.8 Å². The highest BCUT2D eigenvalue weighted by molar-refractivity contribution is 6.19. The van der Waals surface area contributed by atoms with E-state index in [0.29, 0.717) is 26.1 Å². The first-order chi connectivity index (χ1) is 6.33. The summed E-state index contributed by atoms with van der Waals surface area (Å²) in [6, 6.07) is 0. The Kier molecular flexibility index (Phi) is 5.18. The third-order valence-corrected chi connectivity index (χ3v) is 1.84. The van der Waals surface area contributed by atoms with Crippen molar-refractivity contribution in [3.63, 3.8) is 0 Å². The molecule has 0 bridgehead atoms. The van der Waals surface area contributed by atoms with Crippen LogP contribution in [0.2, 0.25) is 0 Å². The Morgan fingerprint density at radius 2 is 2.15 bits per heavy atom. The van der Waals surface area contributed by atoms with Crippen LogP contribution in [0.4, 0.5) is 0 Å². The number of aliphatic hydroxyl groups is 1. The van der Waals surface area contributed by atoms with Gasteiger partial charge in [0.1, 0.15) is 6.10 Å². The molecule has 3 nitrogen and oxygen atoms in total. The van der Waals surface area contributed by atoms with Gasteiger partial charge in [0.05, 0.1) is 19.1 Å². The minimum Gasteiger partial charge on any atom is -0.380 e. The van der Waals surface area contributed by atoms with Gasteiger partial charge in [0.15, 0.2) is 6.29 Å². The van der Waals surface area contributed by atoms with Gasteiger partial charge in [0.25, 0.3) is 0 Å². The molecule has 1 aliphatic rings. The molecule has 0 aromatic carbocycles. The van der Waals surface area contributed by atoms with E-state index in [2.05, 4.69) is 11.8 Å². The van der Waals surface area contributed by atoms with Gasteiger partial charge in [-0.2, -0.15) is 0 Å². The summed E-state index contributed by atoms with van der Waals surface area (Å²) in [5.74, 6) is 5.48. The van der Waals surface area contributed by atoms with E-state index in [-0.39, 0.29) is 12.2 Å². The van der Waals surface area contributed by atoms with Crippen molar-refractivity contribution in [2.24, 2.45) is 0 Å². The lowest BCUT2D eigenvalue weighted by Gasteiger charge is -2.09. The number of aliphatic hydroxyl groups excluding tert-OH is 1. The van der Waals surface area contributed by atoms with Crippen molar-refractivity contribution < 1.29 is 14.6 Å². The Bertz CT molecular complexity index is 191. The molecule has 1 heterocycles. The van der Waals surface area contributed by atoms with Gasteiger partial charge < -0.3 is 14.6 Å². The third-order valence-electron chi connectivity index (χ3n) is 1.70. The molecule has 4 heteroatoms. The highest BCUT2D eigenvalue weighted by atomic mass is 35.5. The second-order valence-electron chi connectivity index (χ2n) is 2.72. The van der Waals surface area contributed by atoms with Gasteiger partial charge in [-0.3, -0.25) is 0 Å². The molecule has 0 aromatic rings. The first-order valence-electron chi connectivity index (χ1n) is 4.28. The molecule has 1 rings (SSSR count). The van der Waals surface area contributed by atoms with Crippen LogP contribution in [0.25, 0.3) is 0 Å². The molecule has 13 heavy (non-hydrogen) atoms. The average Bonchev–Trinajstić information content (AvgIpc) is 2.64. The summed E-state index contributed by atoms with van der Waals surface area (Å²) in [6.07, 6.45) is 0.464. The van der Waals surface area contributed by atoms with Crippen LogP contribution in [0, 0.1) is 11.8 Å². The summed E-state index contributed by atoms with van der Waals surface area (Å²) in [6.45, 7) is 1.29. The smallest absolute Gasteiger partial charge is 0.157 e. The largest absolute Gasteiger partial charge is 0.380 e. The molecule has 1 unspecified atom stereocenters. The average molecular weight is 205 g/mol. The lowest BCUT2D eigenvalue weighted by Crippen LogP contribution is -2.12. The minimum absolute atomic E-state index is 0.160. The van der Waals surface area contributed by atoms with Crippen LogP contribution in [-0.4, -0.2) is 36.6 Å². The number of hydrogen-bond donors (Lipinski definition) is 1. The van der Waals surface area contributed by atoms with Crippen molar-refractivity contribution in [2.45, 2.75) is 25.2 Å². The van der Waals surface area contributed by atoms with E-state index in [1.54, 1.807) is 0 Å². The van der Waals surface area contributed by atoms with E-state index in [9.17, 15) is 5.11 Å². The van der Waals surface area contributed by atoms with Crippen LogP contribution in [0.1, 0.15) is 12.8 Å². The van der Waals surface area contributed by atoms with Gasteiger partial charge >= 0.3 is 0 Å². The number of hydrogen-bond acceptors (Lipinski definition) is 3. The molecule has 0 aromatic heterocycles. The minimum atomic E-state index is -0.619. The van der Waals surface area contributed by atoms with Crippen molar-refractivity contribution in [1.29, 1.82) is 0 Å². The zero-order chi connectivity index (χ0) is 9.52. The molecular weight excluding hydrogens is 192 g/mol. The normalized spacial score (nSPS) is 19.5. The lowest BCUT2D eigenvalue weighted by molar-refractivity contribution is -0.0517. The first kappa shape index (κ1) is 10.8. The second-order valence-corrected chi connectivity index (χ2v) is 2.99. The molecule has 0 radical (unpaired) electrons. The standard InChI is InChI=1S/C9H13ClO3/c10-5-1-2-8(11)3-4-9-12-6-7-13-9/h8-9,11H,3-7H2. The predicted molar refractivity (Wildman–Crippen MR) is 49.4 cm³/mol. The van der Waals surface area contributed by atoms with E-state index in [1.165, 1.54) is 0 Å². The maximum Gasteiger partial charge on any atom is 0.157 e. The molecule has 0 spiro atoms. The zero-order valence-electron chi connectivity index (χ0n) is 7.33. The van der Waals surface area contributed by atoms with Crippen molar-refractivity contribution >= 4 is 11.6 Å². The van der Waals surface area contributed by atoms with Gasteiger partial charge in [-0.25, -0.2) is 0 Å². The van der Waals surface area contributed by atoms with Crippen LogP contribution >= 0.6 is 11.6 Å². The van der Waals surface area contributed by atoms with Gasteiger partial charge in [0, 0.05) is 6.42 Å². The Morgan fingerprint density at radius 1 is 1.46 bits per heavy atom. The maximum absolute atomic E-state index is 9.30. The Labute approximate surface area is 83.0 Å². The molecule has 0 amide bonds. The number of rotatable bonds is 3. The van der Waals surface area contributed by atoms with Crippen molar-refractivity contribution in [3.05, 3.63) is 0 Å². The number of ether oxygens (including phenoxy) is 2. The summed E-state index contributed by atoms with van der Waals surface area (Å²) in [7, 11) is 0.